The molecule has 2 amide bonds. The maximum Gasteiger partial charge on any atom is 0.237 e. The predicted octanol–water partition coefficient (Wildman–Crippen LogP) is 0.976. The topological polar surface area (TPSA) is 77.5 Å². The van der Waals surface area contributed by atoms with E-state index in [1.54, 1.807) is 6.07 Å². The minimum atomic E-state index is -1.32. The molecule has 0 bridgehead atoms. The number of carbonyl (C=O) groups is 3. The van der Waals surface area contributed by atoms with Crippen LogP contribution in [0.1, 0.15) is 36.5 Å². The molecule has 0 spiro atoms. The van der Waals surface area contributed by atoms with Gasteiger partial charge >= 0.3 is 0 Å². The molecule has 0 N–H and O–H groups in total. The zero-order chi connectivity index (χ0) is 15.1. The summed E-state index contributed by atoms with van der Waals surface area (Å²) in [5.41, 5.74) is 0.296. The molecule has 110 valence electrons. The Balaban J connectivity index is 1.95. The van der Waals surface area contributed by atoms with Crippen LogP contribution in [-0.2, 0) is 9.59 Å². The molecule has 3 rings (SSSR count). The van der Waals surface area contributed by atoms with E-state index in [1.165, 1.54) is 18.2 Å². The molecule has 21 heavy (non-hydrogen) atoms. The maximum atomic E-state index is 12.5. The van der Waals surface area contributed by atoms with E-state index in [0.29, 0.717) is 11.6 Å². The third-order valence-electron chi connectivity index (χ3n) is 4.53. The Labute approximate surface area is 122 Å². The van der Waals surface area contributed by atoms with Gasteiger partial charge in [-0.1, -0.05) is 19.1 Å². The Morgan fingerprint density at radius 2 is 1.90 bits per heavy atom. The predicted molar refractivity (Wildman–Crippen MR) is 73.3 cm³/mol. The number of nitrogens with zero attached hydrogens (tertiary/aromatic N) is 1. The van der Waals surface area contributed by atoms with Crippen molar-refractivity contribution in [2.24, 2.45) is 17.8 Å². The molecule has 1 aliphatic carbocycles. The number of fused-ring (bicyclic) bond motifs is 1. The van der Waals surface area contributed by atoms with Gasteiger partial charge in [0, 0.05) is 0 Å². The summed E-state index contributed by atoms with van der Waals surface area (Å²) in [6.07, 6.45) is 2.41. The Kier molecular flexibility index (Phi) is 3.27. The number of aromatic carboxylic acids is 1. The number of carboxylic acids is 1. The van der Waals surface area contributed by atoms with E-state index in [-0.39, 0.29) is 29.2 Å². The zero-order valence-corrected chi connectivity index (χ0v) is 11.7. The lowest BCUT2D eigenvalue weighted by Crippen LogP contribution is -2.31. The summed E-state index contributed by atoms with van der Waals surface area (Å²) in [5, 5.41) is 10.9. The third-order valence-corrected chi connectivity index (χ3v) is 4.53. The van der Waals surface area contributed by atoms with Crippen molar-refractivity contribution >= 4 is 23.5 Å². The van der Waals surface area contributed by atoms with E-state index in [0.717, 1.165) is 24.2 Å². The first-order valence-corrected chi connectivity index (χ1v) is 7.18. The van der Waals surface area contributed by atoms with Crippen molar-refractivity contribution in [2.75, 3.05) is 4.90 Å². The van der Waals surface area contributed by atoms with E-state index in [4.69, 9.17) is 0 Å². The molecule has 1 aromatic rings. The monoisotopic (exact) mass is 286 g/mol. The molecule has 1 aromatic carbocycles. The average Bonchev–Trinajstić information content (AvgIpc) is 2.70. The fourth-order valence-corrected chi connectivity index (χ4v) is 3.42. The van der Waals surface area contributed by atoms with Crippen molar-refractivity contribution in [3.8, 4) is 0 Å². The van der Waals surface area contributed by atoms with Gasteiger partial charge in [0.1, 0.15) is 0 Å². The first kappa shape index (κ1) is 13.8. The molecule has 5 heteroatoms. The molecule has 0 aromatic heterocycles. The quantitative estimate of drug-likeness (QED) is 0.759. The number of carbonyl (C=O) groups excluding carboxylic acids is 3. The minimum absolute atomic E-state index is 0.0312. The first-order chi connectivity index (χ1) is 9.99. The van der Waals surface area contributed by atoms with Crippen molar-refractivity contribution in [3.63, 3.8) is 0 Å². The highest BCUT2D eigenvalue weighted by Crippen LogP contribution is 2.42. The molecular formula is C16H16NO4-. The Morgan fingerprint density at radius 3 is 2.62 bits per heavy atom. The lowest BCUT2D eigenvalue weighted by Gasteiger charge is -2.25. The van der Waals surface area contributed by atoms with Gasteiger partial charge in [0.15, 0.2) is 0 Å². The van der Waals surface area contributed by atoms with Gasteiger partial charge in [-0.05, 0) is 42.9 Å². The summed E-state index contributed by atoms with van der Waals surface area (Å²) in [5.74, 6) is -1.79. The number of hydrogen-bond donors (Lipinski definition) is 0. The largest absolute Gasteiger partial charge is 0.545 e. The average molecular weight is 286 g/mol. The smallest absolute Gasteiger partial charge is 0.237 e. The Bertz CT molecular complexity index is 624. The number of amides is 2. The number of anilines is 1. The van der Waals surface area contributed by atoms with E-state index >= 15 is 0 Å². The van der Waals surface area contributed by atoms with Crippen LogP contribution in [0.4, 0.5) is 5.69 Å². The number of imide groups is 1. The van der Waals surface area contributed by atoms with Gasteiger partial charge in [0.25, 0.3) is 0 Å². The van der Waals surface area contributed by atoms with Crippen LogP contribution in [0.2, 0.25) is 0 Å². The normalized spacial score (nSPS) is 28.6. The van der Waals surface area contributed by atoms with E-state index < -0.39 is 5.97 Å². The van der Waals surface area contributed by atoms with Gasteiger partial charge < -0.3 is 9.90 Å². The summed E-state index contributed by atoms with van der Waals surface area (Å²) in [7, 11) is 0. The van der Waals surface area contributed by atoms with Crippen LogP contribution in [0.15, 0.2) is 24.3 Å². The second kappa shape index (κ2) is 4.98. The molecule has 0 radical (unpaired) electrons. The summed E-state index contributed by atoms with van der Waals surface area (Å²) in [6.45, 7) is 2.09. The number of rotatable bonds is 2. The van der Waals surface area contributed by atoms with Crippen LogP contribution in [-0.4, -0.2) is 17.8 Å². The molecule has 3 atom stereocenters. The van der Waals surface area contributed by atoms with Gasteiger partial charge in [0.2, 0.25) is 11.8 Å². The molecule has 1 heterocycles. The number of benzene rings is 1. The lowest BCUT2D eigenvalue weighted by molar-refractivity contribution is -0.255. The number of carboxylic acid groups (broad SMARTS) is 1. The molecular weight excluding hydrogens is 270 g/mol. The number of hydrogen-bond acceptors (Lipinski definition) is 4. The SMILES string of the molecule is C[C@@H]1CC[C@H]2C(=O)N(c3cccc(C(=O)[O-])c3)C(=O)[C@@H]2C1. The highest BCUT2D eigenvalue weighted by atomic mass is 16.4. The highest BCUT2D eigenvalue weighted by molar-refractivity contribution is 6.22. The molecule has 1 saturated carbocycles. The van der Waals surface area contributed by atoms with Gasteiger partial charge in [-0.25, -0.2) is 0 Å². The molecule has 1 saturated heterocycles. The van der Waals surface area contributed by atoms with E-state index in [9.17, 15) is 19.5 Å². The lowest BCUT2D eigenvalue weighted by atomic mass is 9.76. The van der Waals surface area contributed by atoms with Gasteiger partial charge in [-0.15, -0.1) is 0 Å². The van der Waals surface area contributed by atoms with E-state index in [1.807, 2.05) is 0 Å². The second-order valence-corrected chi connectivity index (χ2v) is 5.98. The Morgan fingerprint density at radius 1 is 1.19 bits per heavy atom. The highest BCUT2D eigenvalue weighted by Gasteiger charge is 2.49. The van der Waals surface area contributed by atoms with Crippen LogP contribution < -0.4 is 10.0 Å². The fourth-order valence-electron chi connectivity index (χ4n) is 3.42. The third kappa shape index (κ3) is 2.22. The Hall–Kier alpha value is -2.17. The molecule has 1 aliphatic heterocycles. The summed E-state index contributed by atoms with van der Waals surface area (Å²) in [4.78, 5) is 37.1. The van der Waals surface area contributed by atoms with E-state index in [2.05, 4.69) is 6.92 Å². The van der Waals surface area contributed by atoms with Gasteiger partial charge in [-0.3, -0.25) is 14.5 Å². The van der Waals surface area contributed by atoms with Crippen molar-refractivity contribution in [1.29, 1.82) is 0 Å². The summed E-state index contributed by atoms with van der Waals surface area (Å²) >= 11 is 0. The zero-order valence-electron chi connectivity index (χ0n) is 11.7. The van der Waals surface area contributed by atoms with Crippen LogP contribution in [0, 0.1) is 17.8 Å². The van der Waals surface area contributed by atoms with Crippen LogP contribution in [0.25, 0.3) is 0 Å². The first-order valence-electron chi connectivity index (χ1n) is 7.18. The van der Waals surface area contributed by atoms with Crippen molar-refractivity contribution < 1.29 is 19.5 Å². The summed E-state index contributed by atoms with van der Waals surface area (Å²) < 4.78 is 0. The van der Waals surface area contributed by atoms with Crippen molar-refractivity contribution in [1.82, 2.24) is 0 Å². The molecule has 5 nitrogen and oxygen atoms in total. The van der Waals surface area contributed by atoms with Crippen LogP contribution in [0.3, 0.4) is 0 Å². The maximum absolute atomic E-state index is 12.5. The van der Waals surface area contributed by atoms with Crippen LogP contribution in [0.5, 0.6) is 0 Å². The van der Waals surface area contributed by atoms with Crippen molar-refractivity contribution in [2.45, 2.75) is 26.2 Å². The fraction of sp³-hybridized carbons (Fsp3) is 0.438. The molecule has 0 unspecified atom stereocenters. The van der Waals surface area contributed by atoms with Gasteiger partial charge in [-0.2, -0.15) is 0 Å². The van der Waals surface area contributed by atoms with Crippen molar-refractivity contribution in [3.05, 3.63) is 29.8 Å². The summed E-state index contributed by atoms with van der Waals surface area (Å²) in [6, 6.07) is 5.82. The standard InChI is InChI=1S/C16H17NO4/c1-9-5-6-12-13(7-9)15(19)17(14(12)18)11-4-2-3-10(8-11)16(20)21/h2-4,8-9,12-13H,5-7H2,1H3,(H,20,21)/p-1/t9-,12-,13-/m1/s1. The van der Waals surface area contributed by atoms with Crippen LogP contribution >= 0.6 is 0 Å². The second-order valence-electron chi connectivity index (χ2n) is 5.98. The van der Waals surface area contributed by atoms with Gasteiger partial charge in [0.05, 0.1) is 23.5 Å². The molecule has 2 aliphatic rings. The minimum Gasteiger partial charge on any atom is -0.545 e. The molecule has 2 fully saturated rings.